The second-order valence-electron chi connectivity index (χ2n) is 31.1. The van der Waals surface area contributed by atoms with Gasteiger partial charge < -0.3 is 210 Å². The van der Waals surface area contributed by atoms with Gasteiger partial charge in [0.1, 0.15) is 159 Å². The van der Waals surface area contributed by atoms with Crippen molar-refractivity contribution in [2.24, 2.45) is 0 Å². The maximum atomic E-state index is 13.7. The summed E-state index contributed by atoms with van der Waals surface area (Å²) in [6.45, 7) is -4.17. The average Bonchev–Trinajstić information content (AvgIpc) is 0.762. The SMILES string of the molecule is CCCCCCCCCCCCC/C=C/[C@@H](O)[C@H](CO[C@@H]1O[C@H](CO)[C@@H](O[C@@H]2O[C@H](CO)[C@H](O[C@H]3O[C@H](CO)[C@H](O)[C@H](O[C@@H]4O[C@H](CO)[C@H](O)[C@H](O[C@@H]5O[C@H](CO)[C@H](O)[C@H](O[C@]6(C(=O)O)C[C@H](O)[C@@H](NC(C)=O)[C@H]([C@H](O)[C@@H](CO)O[C@]7(C(=O)O)C[C@H](O)[C@@H](NC(C)=O)[C@H]([C@H](O)[C@H](O)CO)O7)O6)[C@H]5O)[C@H]4NC(C)=O)[C@H]3O)[C@H](O)[C@H]2O)[C@H](O)[C@H]1O)NC=O. The summed E-state index contributed by atoms with van der Waals surface area (Å²) in [5.41, 5.74) is 0. The van der Waals surface area contributed by atoms with Crippen molar-refractivity contribution >= 4 is 36.1 Å². The molecule has 0 aromatic rings. The molecule has 48 heteroatoms. The number of allylic oxidation sites excluding steroid dienone is 1. The number of carbonyl (C=O) groups excluding carboxylic acids is 4. The number of aliphatic hydroxyl groups is 22. The van der Waals surface area contributed by atoms with Gasteiger partial charge in [-0.15, -0.1) is 0 Å². The van der Waals surface area contributed by atoms with E-state index >= 15 is 0 Å². The van der Waals surface area contributed by atoms with Crippen LogP contribution in [0.2, 0.25) is 0 Å². The van der Waals surface area contributed by atoms with Crippen molar-refractivity contribution in [2.45, 2.75) is 356 Å². The first-order valence-corrected chi connectivity index (χ1v) is 40.2. The first-order chi connectivity index (χ1) is 57.4. The molecule has 0 aromatic heterocycles. The number of carboxylic acids is 2. The molecule has 4 amide bonds. The van der Waals surface area contributed by atoms with Crippen LogP contribution in [0, 0.1) is 0 Å². The van der Waals surface area contributed by atoms with Crippen molar-refractivity contribution in [2.75, 3.05) is 52.9 Å². The standard InChI is InChI=1S/C73H124N4O44/c1-5-6-7-8-9-10-11-12-13-14-15-16-17-18-34(89)33(74-29-85)28-108-66-54(100)52(98)58(42(26-83)112-66)114-67-55(101)53(99)59(43(27-84)113-67)115-68-56(102)63(49(95)39(23-80)110-68)117-65-46(77-32(4)88)60(48(94)38(22-79)109-65)116-69-57(103)64(50(96)40(24-81)111-69)121-73(71(106)107)20-36(91)45(76-31(3)87)62(120-73)51(97)41(25-82)118-72(70(104)105)19-35(90)44(75-30(2)86)61(119-72)47(93)37(92)21-78/h17-18,29,33-69,78-84,89-103H,5-16,19-28H2,1-4H3,(H,74,85)(H,75,86)(H,76,87)(H,77,88)(H,104,105)(H,106,107)/b18-17+/t33-,34+,35-,36-,37+,38+,39+,40+,41+,42+,43+,44+,45+,46+,47+,48-,49-,50-,51+,52+,53+,54+,55+,56+,57+,58+,59-,60+,61+,62+,63-,64-,65-,66+,67-,68+,69-,72+,73-/m0/s1. The lowest BCUT2D eigenvalue weighted by Gasteiger charge is -2.52. The molecule has 0 aromatic carbocycles. The minimum Gasteiger partial charge on any atom is -0.477 e. The number of hydrogen-bond donors (Lipinski definition) is 28. The summed E-state index contributed by atoms with van der Waals surface area (Å²) in [4.78, 5) is 76.7. The Morgan fingerprint density at radius 2 is 0.843 bits per heavy atom. The number of carboxylic acid groups (broad SMARTS) is 2. The molecule has 28 N–H and O–H groups in total. The fourth-order valence-corrected chi connectivity index (χ4v) is 15.6. The number of aliphatic hydroxyl groups excluding tert-OH is 22. The summed E-state index contributed by atoms with van der Waals surface area (Å²) in [7, 11) is 0. The molecular weight excluding hydrogens is 1640 g/mol. The van der Waals surface area contributed by atoms with Crippen LogP contribution in [0.3, 0.4) is 0 Å². The van der Waals surface area contributed by atoms with E-state index in [-0.39, 0.29) is 0 Å². The molecule has 7 heterocycles. The number of aliphatic carboxylic acids is 2. The lowest BCUT2D eigenvalue weighted by atomic mass is 9.87. The van der Waals surface area contributed by atoms with E-state index in [9.17, 15) is 151 Å². The Morgan fingerprint density at radius 3 is 1.31 bits per heavy atom. The molecule has 121 heavy (non-hydrogen) atoms. The molecule has 700 valence electrons. The molecule has 0 aliphatic carbocycles. The number of hydrogen-bond acceptors (Lipinski definition) is 42. The Balaban J connectivity index is 1.05. The summed E-state index contributed by atoms with van der Waals surface area (Å²) in [6, 6.07) is -6.97. The summed E-state index contributed by atoms with van der Waals surface area (Å²) in [5.74, 6) is -14.4. The highest BCUT2D eigenvalue weighted by atomic mass is 16.8. The lowest BCUT2D eigenvalue weighted by molar-refractivity contribution is -0.393. The zero-order valence-electron chi connectivity index (χ0n) is 67.0. The highest BCUT2D eigenvalue weighted by Crippen LogP contribution is 2.43. The van der Waals surface area contributed by atoms with E-state index in [2.05, 4.69) is 28.2 Å². The van der Waals surface area contributed by atoms with Gasteiger partial charge >= 0.3 is 11.9 Å². The predicted molar refractivity (Wildman–Crippen MR) is 394 cm³/mol. The molecule has 0 spiro atoms. The number of rotatable bonds is 47. The van der Waals surface area contributed by atoms with Crippen molar-refractivity contribution in [3.05, 3.63) is 12.2 Å². The van der Waals surface area contributed by atoms with Crippen LogP contribution in [0.25, 0.3) is 0 Å². The fourth-order valence-electron chi connectivity index (χ4n) is 15.6. The number of nitrogens with one attached hydrogen (secondary N) is 4. The third kappa shape index (κ3) is 26.0. The van der Waals surface area contributed by atoms with E-state index in [1.165, 1.54) is 51.0 Å². The van der Waals surface area contributed by atoms with Crippen LogP contribution in [-0.2, 0) is 95.1 Å². The van der Waals surface area contributed by atoms with Crippen LogP contribution in [0.1, 0.15) is 118 Å². The van der Waals surface area contributed by atoms with E-state index in [0.717, 1.165) is 46.5 Å². The summed E-state index contributed by atoms with van der Waals surface area (Å²) < 4.78 is 81.3. The summed E-state index contributed by atoms with van der Waals surface area (Å²) >= 11 is 0. The predicted octanol–water partition coefficient (Wildman–Crippen LogP) is -12.7. The van der Waals surface area contributed by atoms with E-state index in [1.807, 2.05) is 0 Å². The largest absolute Gasteiger partial charge is 0.477 e. The minimum atomic E-state index is -3.55. The number of carbonyl (C=O) groups is 6. The number of unbranched alkanes of at least 4 members (excludes halogenated alkanes) is 11. The van der Waals surface area contributed by atoms with Crippen LogP contribution in [0.4, 0.5) is 0 Å². The zero-order chi connectivity index (χ0) is 89.7. The summed E-state index contributed by atoms with van der Waals surface area (Å²) in [5, 5.41) is 277. The van der Waals surface area contributed by atoms with Crippen LogP contribution in [-0.4, -0.2) is 450 Å². The van der Waals surface area contributed by atoms with E-state index in [0.29, 0.717) is 12.8 Å². The molecule has 7 aliphatic heterocycles. The Hall–Kier alpha value is -4.88. The van der Waals surface area contributed by atoms with Crippen molar-refractivity contribution in [3.8, 4) is 0 Å². The second kappa shape index (κ2) is 48.3. The highest BCUT2D eigenvalue weighted by molar-refractivity contribution is 5.78. The third-order valence-corrected chi connectivity index (χ3v) is 22.1. The molecule has 0 radical (unpaired) electrons. The van der Waals surface area contributed by atoms with Crippen LogP contribution < -0.4 is 21.3 Å². The molecule has 48 nitrogen and oxygen atoms in total. The number of ether oxygens (including phenoxy) is 14. The van der Waals surface area contributed by atoms with Crippen LogP contribution >= 0.6 is 0 Å². The Bertz CT molecular complexity index is 3180. The van der Waals surface area contributed by atoms with Gasteiger partial charge in [-0.2, -0.15) is 0 Å². The first kappa shape index (κ1) is 103. The Labute approximate surface area is 693 Å². The minimum absolute atomic E-state index is 0.310. The summed E-state index contributed by atoms with van der Waals surface area (Å²) in [6.07, 6.45) is -57.8. The quantitative estimate of drug-likeness (QED) is 0.0153. The zero-order valence-corrected chi connectivity index (χ0v) is 67.0. The molecular formula is C73H124N4O44. The van der Waals surface area contributed by atoms with Crippen molar-refractivity contribution < 1.29 is 218 Å². The average molecular weight is 1760 g/mol. The molecule has 0 saturated carbocycles. The van der Waals surface area contributed by atoms with Gasteiger partial charge in [-0.3, -0.25) is 19.2 Å². The van der Waals surface area contributed by atoms with E-state index in [4.69, 9.17) is 66.3 Å². The van der Waals surface area contributed by atoms with Gasteiger partial charge in [0.25, 0.3) is 11.6 Å². The first-order valence-electron chi connectivity index (χ1n) is 40.2. The van der Waals surface area contributed by atoms with Crippen LogP contribution in [0.15, 0.2) is 12.2 Å². The van der Waals surface area contributed by atoms with Gasteiger partial charge in [-0.1, -0.05) is 83.3 Å². The third-order valence-electron chi connectivity index (χ3n) is 22.1. The lowest BCUT2D eigenvalue weighted by Crippen LogP contribution is -2.72. The monoisotopic (exact) mass is 1760 g/mol. The normalized spacial score (nSPS) is 40.1. The maximum absolute atomic E-state index is 13.7. The van der Waals surface area contributed by atoms with Gasteiger partial charge in [0, 0.05) is 33.6 Å². The Kier molecular flexibility index (Phi) is 41.2. The van der Waals surface area contributed by atoms with E-state index in [1.54, 1.807) is 6.08 Å². The Morgan fingerprint density at radius 1 is 0.446 bits per heavy atom. The van der Waals surface area contributed by atoms with Crippen LogP contribution in [0.5, 0.6) is 0 Å². The molecule has 7 aliphatic rings. The van der Waals surface area contributed by atoms with Crippen molar-refractivity contribution in [1.29, 1.82) is 0 Å². The molecule has 7 saturated heterocycles. The second-order valence-corrected chi connectivity index (χ2v) is 31.1. The molecule has 7 fully saturated rings. The molecule has 7 rings (SSSR count). The highest BCUT2D eigenvalue weighted by Gasteiger charge is 2.64. The fraction of sp³-hybridized carbons (Fsp3) is 0.890. The topological polar surface area (TPSA) is 765 Å². The van der Waals surface area contributed by atoms with Gasteiger partial charge in [-0.25, -0.2) is 9.59 Å². The van der Waals surface area contributed by atoms with Crippen molar-refractivity contribution in [3.63, 3.8) is 0 Å². The maximum Gasteiger partial charge on any atom is 0.364 e. The smallest absolute Gasteiger partial charge is 0.364 e. The molecule has 0 unspecified atom stereocenters. The van der Waals surface area contributed by atoms with Crippen molar-refractivity contribution in [1.82, 2.24) is 21.3 Å². The van der Waals surface area contributed by atoms with Gasteiger partial charge in [0.15, 0.2) is 31.5 Å². The van der Waals surface area contributed by atoms with Gasteiger partial charge in [0.2, 0.25) is 24.1 Å². The molecule has 39 atom stereocenters. The van der Waals surface area contributed by atoms with Gasteiger partial charge in [-0.05, 0) is 12.8 Å². The number of amides is 4. The van der Waals surface area contributed by atoms with E-state index < -0.39 is 333 Å². The molecule has 0 bridgehead atoms. The van der Waals surface area contributed by atoms with Gasteiger partial charge in [0.05, 0.1) is 89.3 Å².